The molecular weight excluding hydrogens is 244 g/mol. The number of hydrogen-bond donors (Lipinski definition) is 0. The molecule has 5 nitrogen and oxygen atoms in total. The van der Waals surface area contributed by atoms with E-state index in [2.05, 4.69) is 9.99 Å². The topological polar surface area (TPSA) is 51.1 Å². The molecule has 0 spiro atoms. The van der Waals surface area contributed by atoms with Crippen molar-refractivity contribution in [1.29, 1.82) is 0 Å². The Bertz CT molecular complexity index is 483. The molecule has 0 saturated heterocycles. The number of hydrogen-bond acceptors (Lipinski definition) is 4. The first kappa shape index (κ1) is 13.1. The predicted octanol–water partition coefficient (Wildman–Crippen LogP) is 2.45. The second-order valence-electron chi connectivity index (χ2n) is 4.09. The zero-order valence-corrected chi connectivity index (χ0v) is 10.8. The Kier molecular flexibility index (Phi) is 4.55. The van der Waals surface area contributed by atoms with Gasteiger partial charge in [-0.25, -0.2) is 4.79 Å². The van der Waals surface area contributed by atoms with Crippen LogP contribution < -0.4 is 4.74 Å². The lowest BCUT2D eigenvalue weighted by atomic mass is 10.1. The summed E-state index contributed by atoms with van der Waals surface area (Å²) in [7, 11) is 1.49. The number of rotatable bonds is 3. The molecule has 0 aliphatic carbocycles. The number of para-hydroxylation sites is 1. The van der Waals surface area contributed by atoms with E-state index in [1.54, 1.807) is 23.2 Å². The number of carbonyl (C=O) groups excluding carboxylic acids is 1. The van der Waals surface area contributed by atoms with Crippen molar-refractivity contribution in [3.05, 3.63) is 42.0 Å². The summed E-state index contributed by atoms with van der Waals surface area (Å²) in [6.45, 7) is 1.13. The van der Waals surface area contributed by atoms with Gasteiger partial charge in [-0.2, -0.15) is 0 Å². The summed E-state index contributed by atoms with van der Waals surface area (Å²) in [6, 6.07) is 9.04. The van der Waals surface area contributed by atoms with Crippen LogP contribution in [-0.2, 0) is 4.84 Å². The summed E-state index contributed by atoms with van der Waals surface area (Å²) >= 11 is 0. The molecule has 0 bridgehead atoms. The minimum Gasteiger partial charge on any atom is -0.410 e. The number of amides is 1. The molecule has 1 aliphatic heterocycles. The van der Waals surface area contributed by atoms with Gasteiger partial charge in [0.25, 0.3) is 0 Å². The van der Waals surface area contributed by atoms with Crippen LogP contribution in [0.3, 0.4) is 0 Å². The van der Waals surface area contributed by atoms with Crippen LogP contribution in [0.5, 0.6) is 5.75 Å². The van der Waals surface area contributed by atoms with Gasteiger partial charge in [-0.3, -0.25) is 0 Å². The fourth-order valence-electron chi connectivity index (χ4n) is 1.79. The Balaban J connectivity index is 1.94. The minimum absolute atomic E-state index is 0.345. The van der Waals surface area contributed by atoms with Crippen LogP contribution in [0.4, 0.5) is 4.79 Å². The maximum Gasteiger partial charge on any atom is 0.415 e. The van der Waals surface area contributed by atoms with Crippen LogP contribution in [0, 0.1) is 0 Å². The highest BCUT2D eigenvalue weighted by Crippen LogP contribution is 2.13. The first-order valence-electron chi connectivity index (χ1n) is 6.07. The predicted molar refractivity (Wildman–Crippen MR) is 72.2 cm³/mol. The van der Waals surface area contributed by atoms with E-state index in [9.17, 15) is 4.79 Å². The van der Waals surface area contributed by atoms with Crippen molar-refractivity contribution in [2.24, 2.45) is 5.16 Å². The summed E-state index contributed by atoms with van der Waals surface area (Å²) < 4.78 is 5.29. The van der Waals surface area contributed by atoms with Crippen molar-refractivity contribution < 1.29 is 14.4 Å². The molecule has 0 saturated carbocycles. The fraction of sp³-hybridized carbons (Fsp3) is 0.286. The van der Waals surface area contributed by atoms with Gasteiger partial charge in [-0.05, 0) is 24.1 Å². The van der Waals surface area contributed by atoms with Crippen LogP contribution in [0.15, 0.2) is 47.1 Å². The molecule has 1 aliphatic rings. The van der Waals surface area contributed by atoms with Crippen LogP contribution in [0.2, 0.25) is 0 Å². The summed E-state index contributed by atoms with van der Waals surface area (Å²) in [5, 5.41) is 3.70. The number of ether oxygens (including phenoxy) is 1. The van der Waals surface area contributed by atoms with Gasteiger partial charge in [0.05, 0.1) is 12.8 Å². The summed E-state index contributed by atoms with van der Waals surface area (Å²) in [6.07, 6.45) is 4.09. The molecule has 19 heavy (non-hydrogen) atoms. The first-order chi connectivity index (χ1) is 9.29. The molecule has 0 N–H and O–H groups in total. The average molecular weight is 260 g/mol. The maximum atomic E-state index is 12.0. The van der Waals surface area contributed by atoms with Crippen LogP contribution in [-0.4, -0.2) is 37.4 Å². The third-order valence-electron chi connectivity index (χ3n) is 2.71. The Hall–Kier alpha value is -2.30. The Morgan fingerprint density at radius 1 is 1.37 bits per heavy atom. The van der Waals surface area contributed by atoms with Gasteiger partial charge in [0, 0.05) is 6.54 Å². The van der Waals surface area contributed by atoms with E-state index >= 15 is 0 Å². The van der Waals surface area contributed by atoms with Crippen LogP contribution in [0.1, 0.15) is 6.42 Å². The molecule has 0 radical (unpaired) electrons. The van der Waals surface area contributed by atoms with E-state index in [0.717, 1.165) is 12.0 Å². The molecule has 0 fully saturated rings. The van der Waals surface area contributed by atoms with Gasteiger partial charge >= 0.3 is 6.09 Å². The average Bonchev–Trinajstić information content (AvgIpc) is 2.46. The van der Waals surface area contributed by atoms with Crippen molar-refractivity contribution in [1.82, 2.24) is 4.90 Å². The first-order valence-corrected chi connectivity index (χ1v) is 6.07. The van der Waals surface area contributed by atoms with Crippen molar-refractivity contribution in [3.8, 4) is 5.75 Å². The van der Waals surface area contributed by atoms with Gasteiger partial charge in [0.1, 0.15) is 12.9 Å². The number of nitrogens with zero attached hydrogens (tertiary/aromatic N) is 2. The van der Waals surface area contributed by atoms with Gasteiger partial charge in [0.2, 0.25) is 0 Å². The largest absolute Gasteiger partial charge is 0.415 e. The monoisotopic (exact) mass is 260 g/mol. The highest BCUT2D eigenvalue weighted by atomic mass is 16.6. The number of carbonyl (C=O) groups is 1. The molecule has 0 atom stereocenters. The lowest BCUT2D eigenvalue weighted by Gasteiger charge is -2.25. The molecule has 0 aromatic heterocycles. The Labute approximate surface area is 112 Å². The van der Waals surface area contributed by atoms with E-state index in [4.69, 9.17) is 4.74 Å². The zero-order chi connectivity index (χ0) is 13.5. The molecule has 1 heterocycles. The molecule has 2 rings (SSSR count). The quantitative estimate of drug-likeness (QED) is 0.619. The van der Waals surface area contributed by atoms with Crippen molar-refractivity contribution >= 4 is 12.3 Å². The van der Waals surface area contributed by atoms with Crippen molar-refractivity contribution in [2.75, 3.05) is 20.2 Å². The summed E-state index contributed by atoms with van der Waals surface area (Å²) in [4.78, 5) is 18.3. The van der Waals surface area contributed by atoms with Crippen molar-refractivity contribution in [2.45, 2.75) is 6.42 Å². The Morgan fingerprint density at radius 3 is 2.89 bits per heavy atom. The van der Waals surface area contributed by atoms with E-state index in [1.165, 1.54) is 7.11 Å². The van der Waals surface area contributed by atoms with E-state index in [-0.39, 0.29) is 6.09 Å². The third-order valence-corrected chi connectivity index (χ3v) is 2.71. The summed E-state index contributed by atoms with van der Waals surface area (Å²) in [5.41, 5.74) is 0.943. The standard InChI is InChI=1S/C14H16N2O3/c1-18-15-10-12-6-5-9-16(11-12)14(17)19-13-7-3-2-4-8-13/h2-4,6-8,10H,5,9,11H2,1H3. The van der Waals surface area contributed by atoms with Gasteiger partial charge in [-0.1, -0.05) is 29.4 Å². The zero-order valence-electron chi connectivity index (χ0n) is 10.8. The van der Waals surface area contributed by atoms with Crippen LogP contribution in [0.25, 0.3) is 0 Å². The van der Waals surface area contributed by atoms with Crippen LogP contribution >= 0.6 is 0 Å². The molecule has 0 unspecified atom stereocenters. The molecule has 5 heteroatoms. The highest BCUT2D eigenvalue weighted by molar-refractivity contribution is 5.81. The number of oxime groups is 1. The molecule has 1 amide bonds. The van der Waals surface area contributed by atoms with Gasteiger partial charge in [-0.15, -0.1) is 0 Å². The Morgan fingerprint density at radius 2 is 2.16 bits per heavy atom. The maximum absolute atomic E-state index is 12.0. The fourth-order valence-corrected chi connectivity index (χ4v) is 1.79. The smallest absolute Gasteiger partial charge is 0.410 e. The normalized spacial score (nSPS) is 15.2. The van der Waals surface area contributed by atoms with E-state index in [0.29, 0.717) is 18.8 Å². The van der Waals surface area contributed by atoms with E-state index in [1.807, 2.05) is 24.3 Å². The SMILES string of the molecule is CON=CC1=CCCN(C(=O)Oc2ccccc2)C1. The van der Waals surface area contributed by atoms with E-state index < -0.39 is 0 Å². The lowest BCUT2D eigenvalue weighted by molar-refractivity contribution is 0.156. The molecule has 100 valence electrons. The number of benzene rings is 1. The minimum atomic E-state index is -0.345. The van der Waals surface area contributed by atoms with Gasteiger partial charge in [0.15, 0.2) is 0 Å². The second kappa shape index (κ2) is 6.58. The highest BCUT2D eigenvalue weighted by Gasteiger charge is 2.19. The second-order valence-corrected chi connectivity index (χ2v) is 4.09. The molecule has 1 aromatic rings. The third kappa shape index (κ3) is 3.84. The molecular formula is C14H16N2O3. The lowest BCUT2D eigenvalue weighted by Crippen LogP contribution is -2.38. The van der Waals surface area contributed by atoms with Gasteiger partial charge < -0.3 is 14.5 Å². The van der Waals surface area contributed by atoms with Crippen molar-refractivity contribution in [3.63, 3.8) is 0 Å². The molecule has 1 aromatic carbocycles. The summed E-state index contributed by atoms with van der Waals surface area (Å²) in [5.74, 6) is 0.550.